The van der Waals surface area contributed by atoms with Crippen LogP contribution in [-0.2, 0) is 11.0 Å². The highest BCUT2D eigenvalue weighted by Crippen LogP contribution is 2.28. The van der Waals surface area contributed by atoms with Crippen LogP contribution < -0.4 is 11.1 Å². The number of amides is 1. The van der Waals surface area contributed by atoms with Crippen molar-refractivity contribution in [3.8, 4) is 0 Å². The van der Waals surface area contributed by atoms with E-state index in [0.717, 1.165) is 12.3 Å². The number of nitrogens with zero attached hydrogens (tertiary/aromatic N) is 1. The normalized spacial score (nSPS) is 13.2. The first-order valence-corrected chi connectivity index (χ1v) is 4.87. The lowest BCUT2D eigenvalue weighted by molar-refractivity contribution is -0.141. The molecule has 0 bridgehead atoms. The number of primary amides is 1. The maximum absolute atomic E-state index is 12.4. The highest BCUT2D eigenvalue weighted by Gasteiger charge is 2.32. The van der Waals surface area contributed by atoms with Crippen molar-refractivity contribution >= 4 is 11.6 Å². The lowest BCUT2D eigenvalue weighted by atomic mass is 10.2. The number of halogens is 3. The van der Waals surface area contributed by atoms with Crippen molar-refractivity contribution in [2.75, 3.05) is 5.32 Å². The van der Waals surface area contributed by atoms with Crippen molar-refractivity contribution in [1.82, 2.24) is 4.98 Å². The largest absolute Gasteiger partial charge is 0.433 e. The van der Waals surface area contributed by atoms with Crippen molar-refractivity contribution in [2.24, 2.45) is 5.73 Å². The molecular formula is C10H12F3N3O. The van der Waals surface area contributed by atoms with Gasteiger partial charge >= 0.3 is 6.18 Å². The van der Waals surface area contributed by atoms with E-state index in [1.54, 1.807) is 6.92 Å². The molecular weight excluding hydrogens is 235 g/mol. The molecule has 0 aliphatic heterocycles. The van der Waals surface area contributed by atoms with Crippen molar-refractivity contribution in [3.63, 3.8) is 0 Å². The summed E-state index contributed by atoms with van der Waals surface area (Å²) < 4.78 is 37.1. The number of rotatable bonds is 4. The lowest BCUT2D eigenvalue weighted by Crippen LogP contribution is -2.24. The monoisotopic (exact) mass is 247 g/mol. The van der Waals surface area contributed by atoms with Gasteiger partial charge in [-0.2, -0.15) is 13.2 Å². The number of hydrogen-bond acceptors (Lipinski definition) is 3. The van der Waals surface area contributed by atoms with Crippen LogP contribution in [0.2, 0.25) is 0 Å². The van der Waals surface area contributed by atoms with Gasteiger partial charge in [0.1, 0.15) is 5.69 Å². The van der Waals surface area contributed by atoms with Crippen molar-refractivity contribution in [2.45, 2.75) is 25.6 Å². The zero-order valence-corrected chi connectivity index (χ0v) is 9.08. The van der Waals surface area contributed by atoms with Gasteiger partial charge in [-0.3, -0.25) is 9.78 Å². The Morgan fingerprint density at radius 2 is 2.24 bits per heavy atom. The van der Waals surface area contributed by atoms with Crippen LogP contribution in [0.25, 0.3) is 0 Å². The van der Waals surface area contributed by atoms with Gasteiger partial charge in [0.2, 0.25) is 5.91 Å². The molecule has 1 aromatic rings. The first kappa shape index (κ1) is 13.3. The quantitative estimate of drug-likeness (QED) is 0.852. The number of carbonyl (C=O) groups excluding carboxylic acids is 1. The molecule has 0 aliphatic carbocycles. The van der Waals surface area contributed by atoms with E-state index in [9.17, 15) is 18.0 Å². The minimum atomic E-state index is -4.48. The fraction of sp³-hybridized carbons (Fsp3) is 0.400. The number of nitrogens with two attached hydrogens (primary N) is 1. The Morgan fingerprint density at radius 3 is 2.76 bits per heavy atom. The third-order valence-electron chi connectivity index (χ3n) is 1.97. The molecule has 1 heterocycles. The van der Waals surface area contributed by atoms with E-state index in [1.807, 2.05) is 0 Å². The molecule has 3 N–H and O–H groups in total. The highest BCUT2D eigenvalue weighted by atomic mass is 19.4. The van der Waals surface area contributed by atoms with Crippen LogP contribution in [0.5, 0.6) is 0 Å². The van der Waals surface area contributed by atoms with Gasteiger partial charge < -0.3 is 11.1 Å². The van der Waals surface area contributed by atoms with E-state index in [1.165, 1.54) is 6.07 Å². The number of nitrogens with one attached hydrogen (secondary N) is 1. The summed E-state index contributed by atoms with van der Waals surface area (Å²) in [6, 6.07) is 1.94. The van der Waals surface area contributed by atoms with Gasteiger partial charge in [-0.15, -0.1) is 0 Å². The van der Waals surface area contributed by atoms with Crippen LogP contribution in [0, 0.1) is 0 Å². The Morgan fingerprint density at radius 1 is 1.59 bits per heavy atom. The Balaban J connectivity index is 2.76. The molecule has 94 valence electrons. The molecule has 0 spiro atoms. The van der Waals surface area contributed by atoms with E-state index in [-0.39, 0.29) is 18.2 Å². The van der Waals surface area contributed by atoms with E-state index in [4.69, 9.17) is 5.73 Å². The maximum atomic E-state index is 12.4. The molecule has 17 heavy (non-hydrogen) atoms. The number of anilines is 1. The van der Waals surface area contributed by atoms with E-state index >= 15 is 0 Å². The summed E-state index contributed by atoms with van der Waals surface area (Å²) in [4.78, 5) is 13.8. The molecule has 1 amide bonds. The molecule has 1 aromatic heterocycles. The summed E-state index contributed by atoms with van der Waals surface area (Å²) in [5, 5.41) is 2.74. The molecule has 1 rings (SSSR count). The predicted molar refractivity (Wildman–Crippen MR) is 56.1 cm³/mol. The Hall–Kier alpha value is -1.79. The third kappa shape index (κ3) is 4.29. The molecule has 0 saturated carbocycles. The fourth-order valence-corrected chi connectivity index (χ4v) is 1.31. The Kier molecular flexibility index (Phi) is 3.93. The Labute approximate surface area is 96.0 Å². The maximum Gasteiger partial charge on any atom is 0.433 e. The molecule has 0 radical (unpaired) electrons. The number of alkyl halides is 3. The van der Waals surface area contributed by atoms with Crippen molar-refractivity contribution in [3.05, 3.63) is 24.0 Å². The third-order valence-corrected chi connectivity index (χ3v) is 1.97. The second-order valence-corrected chi connectivity index (χ2v) is 3.64. The van der Waals surface area contributed by atoms with Crippen LogP contribution in [0.1, 0.15) is 19.0 Å². The number of hydrogen-bond donors (Lipinski definition) is 2. The summed E-state index contributed by atoms with van der Waals surface area (Å²) in [6.45, 7) is 1.65. The smallest absolute Gasteiger partial charge is 0.382 e. The van der Waals surface area contributed by atoms with Crippen LogP contribution in [0.4, 0.5) is 18.9 Å². The van der Waals surface area contributed by atoms with Crippen LogP contribution in [0.15, 0.2) is 18.3 Å². The second-order valence-electron chi connectivity index (χ2n) is 3.64. The summed E-state index contributed by atoms with van der Waals surface area (Å²) in [7, 11) is 0. The Bertz CT molecular complexity index is 406. The fourth-order valence-electron chi connectivity index (χ4n) is 1.31. The topological polar surface area (TPSA) is 68.0 Å². The first-order chi connectivity index (χ1) is 7.79. The second kappa shape index (κ2) is 5.03. The molecule has 0 aromatic carbocycles. The summed E-state index contributed by atoms with van der Waals surface area (Å²) in [5.74, 6) is -0.518. The predicted octanol–water partition coefficient (Wildman–Crippen LogP) is 1.78. The molecule has 1 atom stereocenters. The average molecular weight is 247 g/mol. The van der Waals surface area contributed by atoms with Gasteiger partial charge in [0.25, 0.3) is 0 Å². The molecule has 0 saturated heterocycles. The summed E-state index contributed by atoms with van der Waals surface area (Å²) in [5.41, 5.74) is 4.25. The molecule has 4 nitrogen and oxygen atoms in total. The van der Waals surface area contributed by atoms with Crippen LogP contribution >= 0.6 is 0 Å². The van der Waals surface area contributed by atoms with Gasteiger partial charge in [0, 0.05) is 24.3 Å². The standard InChI is InChI=1S/C10H12F3N3O/c1-6(4-9(14)17)16-7-2-3-15-8(5-7)10(11,12)13/h2-3,5-6H,4H2,1H3,(H2,14,17)(H,15,16). The van der Waals surface area contributed by atoms with E-state index in [2.05, 4.69) is 10.3 Å². The number of pyridine rings is 1. The first-order valence-electron chi connectivity index (χ1n) is 4.87. The van der Waals surface area contributed by atoms with Gasteiger partial charge in [-0.05, 0) is 19.1 Å². The lowest BCUT2D eigenvalue weighted by Gasteiger charge is -2.14. The minimum absolute atomic E-state index is 0.0453. The van der Waals surface area contributed by atoms with Gasteiger partial charge in [-0.25, -0.2) is 0 Å². The van der Waals surface area contributed by atoms with Gasteiger partial charge in [-0.1, -0.05) is 0 Å². The zero-order valence-electron chi connectivity index (χ0n) is 9.08. The van der Waals surface area contributed by atoms with Crippen LogP contribution in [0.3, 0.4) is 0 Å². The van der Waals surface area contributed by atoms with Gasteiger partial charge in [0.05, 0.1) is 0 Å². The molecule has 1 unspecified atom stereocenters. The van der Waals surface area contributed by atoms with Gasteiger partial charge in [0.15, 0.2) is 0 Å². The summed E-state index contributed by atoms with van der Waals surface area (Å²) in [6.07, 6.45) is -3.38. The minimum Gasteiger partial charge on any atom is -0.382 e. The van der Waals surface area contributed by atoms with Crippen LogP contribution in [-0.4, -0.2) is 16.9 Å². The van der Waals surface area contributed by atoms with E-state index < -0.39 is 17.8 Å². The SMILES string of the molecule is CC(CC(N)=O)Nc1ccnc(C(F)(F)F)c1. The number of aromatic nitrogens is 1. The zero-order chi connectivity index (χ0) is 13.1. The van der Waals surface area contributed by atoms with Crippen molar-refractivity contribution < 1.29 is 18.0 Å². The average Bonchev–Trinajstić information content (AvgIpc) is 2.15. The molecule has 7 heteroatoms. The van der Waals surface area contributed by atoms with E-state index in [0.29, 0.717) is 0 Å². The van der Waals surface area contributed by atoms with Crippen molar-refractivity contribution in [1.29, 1.82) is 0 Å². The number of carbonyl (C=O) groups is 1. The summed E-state index contributed by atoms with van der Waals surface area (Å²) >= 11 is 0. The molecule has 0 fully saturated rings. The molecule has 0 aliphatic rings. The highest BCUT2D eigenvalue weighted by molar-refractivity contribution is 5.74.